The van der Waals surface area contributed by atoms with Crippen LogP contribution in [0.2, 0.25) is 0 Å². The first-order valence-corrected chi connectivity index (χ1v) is 4.17. The number of nitrogens with two attached hydrogens (primary N) is 1. The first-order chi connectivity index (χ1) is 5.27. The lowest BCUT2D eigenvalue weighted by Crippen LogP contribution is -2.21. The van der Waals surface area contributed by atoms with E-state index in [9.17, 15) is 9.90 Å². The van der Waals surface area contributed by atoms with Gasteiger partial charge in [-0.2, -0.15) is 0 Å². The topological polar surface area (TPSA) is 66.2 Å². The molecule has 0 amide bonds. The van der Waals surface area contributed by atoms with Gasteiger partial charge in [0.15, 0.2) is 0 Å². The minimum atomic E-state index is -0.941. The average molecular weight is 158 g/mol. The molecule has 2 N–H and O–H groups in total. The van der Waals surface area contributed by atoms with Gasteiger partial charge in [0.05, 0.1) is 0 Å². The third-order valence-electron chi connectivity index (χ3n) is 1.59. The molecule has 0 heterocycles. The summed E-state index contributed by atoms with van der Waals surface area (Å²) in [4.78, 5) is 9.96. The first kappa shape index (κ1) is 10.4. The van der Waals surface area contributed by atoms with Crippen LogP contribution in [0.4, 0.5) is 0 Å². The summed E-state index contributed by atoms with van der Waals surface area (Å²) in [6.45, 7) is 0.737. The Morgan fingerprint density at radius 3 is 2.18 bits per heavy atom. The predicted molar refractivity (Wildman–Crippen MR) is 41.8 cm³/mol. The lowest BCUT2D eigenvalue weighted by molar-refractivity contribution is -0.305. The van der Waals surface area contributed by atoms with Crippen molar-refractivity contribution in [1.29, 1.82) is 0 Å². The molecule has 0 rings (SSSR count). The maximum absolute atomic E-state index is 9.96. The highest BCUT2D eigenvalue weighted by Crippen LogP contribution is 2.03. The molecule has 3 nitrogen and oxygen atoms in total. The summed E-state index contributed by atoms with van der Waals surface area (Å²) >= 11 is 0. The van der Waals surface area contributed by atoms with E-state index >= 15 is 0 Å². The molecule has 0 fully saturated rings. The second-order valence-corrected chi connectivity index (χ2v) is 2.68. The minimum absolute atomic E-state index is 0.197. The molecule has 66 valence electrons. The Kier molecular flexibility index (Phi) is 7.15. The van der Waals surface area contributed by atoms with E-state index in [0.29, 0.717) is 0 Å². The smallest absolute Gasteiger partial charge is 0.0414 e. The molecule has 0 aliphatic carbocycles. The van der Waals surface area contributed by atoms with Gasteiger partial charge in [-0.25, -0.2) is 0 Å². The van der Waals surface area contributed by atoms with Crippen LogP contribution >= 0.6 is 0 Å². The van der Waals surface area contributed by atoms with E-state index in [4.69, 9.17) is 5.73 Å². The SMILES string of the molecule is NCCCCCCCC(=O)[O-]. The van der Waals surface area contributed by atoms with Gasteiger partial charge < -0.3 is 15.6 Å². The van der Waals surface area contributed by atoms with Crippen molar-refractivity contribution in [1.82, 2.24) is 0 Å². The van der Waals surface area contributed by atoms with Gasteiger partial charge in [-0.05, 0) is 25.8 Å². The van der Waals surface area contributed by atoms with Crippen molar-refractivity contribution >= 4 is 5.97 Å². The molecular weight excluding hydrogens is 142 g/mol. The number of unbranched alkanes of at least 4 members (excludes halogenated alkanes) is 4. The normalized spacial score (nSPS) is 9.91. The summed E-state index contributed by atoms with van der Waals surface area (Å²) in [6.07, 6.45) is 5.17. The quantitative estimate of drug-likeness (QED) is 0.532. The third-order valence-corrected chi connectivity index (χ3v) is 1.59. The van der Waals surface area contributed by atoms with Gasteiger partial charge >= 0.3 is 0 Å². The van der Waals surface area contributed by atoms with Crippen molar-refractivity contribution < 1.29 is 9.90 Å². The van der Waals surface area contributed by atoms with Crippen LogP contribution in [0.1, 0.15) is 38.5 Å². The van der Waals surface area contributed by atoms with Crippen LogP contribution in [-0.2, 0) is 4.79 Å². The van der Waals surface area contributed by atoms with E-state index in [2.05, 4.69) is 0 Å². The number of carbonyl (C=O) groups excluding carboxylic acids is 1. The highest BCUT2D eigenvalue weighted by atomic mass is 16.4. The molecule has 0 aliphatic heterocycles. The van der Waals surface area contributed by atoms with Crippen molar-refractivity contribution in [2.75, 3.05) is 6.54 Å². The number of rotatable bonds is 7. The number of carboxylic acids is 1. The Bertz CT molecular complexity index is 104. The lowest BCUT2D eigenvalue weighted by atomic mass is 10.1. The zero-order valence-electron chi connectivity index (χ0n) is 6.84. The Morgan fingerprint density at radius 2 is 1.64 bits per heavy atom. The molecule has 0 unspecified atom stereocenters. The van der Waals surface area contributed by atoms with Crippen LogP contribution in [0.25, 0.3) is 0 Å². The van der Waals surface area contributed by atoms with E-state index < -0.39 is 5.97 Å². The molecule has 0 saturated carbocycles. The second kappa shape index (κ2) is 7.54. The summed E-state index contributed by atoms with van der Waals surface area (Å²) in [6, 6.07) is 0. The molecular formula is C8H16NO2-. The largest absolute Gasteiger partial charge is 0.550 e. The molecule has 0 aromatic rings. The van der Waals surface area contributed by atoms with Gasteiger partial charge in [-0.15, -0.1) is 0 Å². The van der Waals surface area contributed by atoms with Crippen molar-refractivity contribution in [3.05, 3.63) is 0 Å². The van der Waals surface area contributed by atoms with Crippen molar-refractivity contribution in [2.45, 2.75) is 38.5 Å². The van der Waals surface area contributed by atoms with Crippen LogP contribution < -0.4 is 10.8 Å². The first-order valence-electron chi connectivity index (χ1n) is 4.17. The number of hydrogen-bond acceptors (Lipinski definition) is 3. The van der Waals surface area contributed by atoms with Crippen LogP contribution in [0.3, 0.4) is 0 Å². The molecule has 0 bridgehead atoms. The highest BCUT2D eigenvalue weighted by Gasteiger charge is 1.89. The Balaban J connectivity index is 2.85. The third kappa shape index (κ3) is 9.43. The summed E-state index contributed by atoms with van der Waals surface area (Å²) in [5.41, 5.74) is 5.29. The zero-order valence-corrected chi connectivity index (χ0v) is 6.84. The molecule has 0 aromatic heterocycles. The summed E-state index contributed by atoms with van der Waals surface area (Å²) in [5, 5.41) is 9.96. The van der Waals surface area contributed by atoms with E-state index in [1.165, 1.54) is 0 Å². The van der Waals surface area contributed by atoms with E-state index in [-0.39, 0.29) is 6.42 Å². The fourth-order valence-electron chi connectivity index (χ4n) is 0.944. The number of hydrogen-bond donors (Lipinski definition) is 1. The van der Waals surface area contributed by atoms with E-state index in [0.717, 1.165) is 38.6 Å². The van der Waals surface area contributed by atoms with Crippen molar-refractivity contribution in [3.63, 3.8) is 0 Å². The summed E-state index contributed by atoms with van der Waals surface area (Å²) in [7, 11) is 0. The van der Waals surface area contributed by atoms with Crippen LogP contribution in [-0.4, -0.2) is 12.5 Å². The van der Waals surface area contributed by atoms with Crippen LogP contribution in [0, 0.1) is 0 Å². The van der Waals surface area contributed by atoms with Crippen LogP contribution in [0.5, 0.6) is 0 Å². The molecule has 11 heavy (non-hydrogen) atoms. The van der Waals surface area contributed by atoms with E-state index in [1.54, 1.807) is 0 Å². The molecule has 0 atom stereocenters. The van der Waals surface area contributed by atoms with Crippen molar-refractivity contribution in [2.24, 2.45) is 5.73 Å². The molecule has 0 aliphatic rings. The van der Waals surface area contributed by atoms with Gasteiger partial charge in [-0.3, -0.25) is 0 Å². The lowest BCUT2D eigenvalue weighted by Gasteiger charge is -2.01. The number of aliphatic carboxylic acids is 1. The Labute approximate surface area is 67.6 Å². The monoisotopic (exact) mass is 158 g/mol. The average Bonchev–Trinajstić information content (AvgIpc) is 1.96. The molecule has 0 saturated heterocycles. The zero-order chi connectivity index (χ0) is 8.53. The minimum Gasteiger partial charge on any atom is -0.550 e. The Morgan fingerprint density at radius 1 is 1.09 bits per heavy atom. The van der Waals surface area contributed by atoms with Crippen molar-refractivity contribution in [3.8, 4) is 0 Å². The molecule has 0 radical (unpaired) electrons. The summed E-state index contributed by atoms with van der Waals surface area (Å²) in [5.74, 6) is -0.941. The van der Waals surface area contributed by atoms with Gasteiger partial charge in [-0.1, -0.05) is 19.3 Å². The van der Waals surface area contributed by atoms with Gasteiger partial charge in [0.25, 0.3) is 0 Å². The van der Waals surface area contributed by atoms with Gasteiger partial charge in [0.1, 0.15) is 0 Å². The standard InChI is InChI=1S/C8H17NO2/c9-7-5-3-1-2-4-6-8(10)11/h1-7,9H2,(H,10,11)/p-1. The van der Waals surface area contributed by atoms with Crippen LogP contribution in [0.15, 0.2) is 0 Å². The van der Waals surface area contributed by atoms with E-state index in [1.807, 2.05) is 0 Å². The maximum atomic E-state index is 9.96. The predicted octanol–water partition coefficient (Wildman–Crippen LogP) is 0.0356. The molecule has 3 heteroatoms. The fourth-order valence-corrected chi connectivity index (χ4v) is 0.944. The molecule has 0 aromatic carbocycles. The number of carbonyl (C=O) groups is 1. The van der Waals surface area contributed by atoms with Gasteiger partial charge in [0, 0.05) is 5.97 Å². The summed E-state index contributed by atoms with van der Waals surface area (Å²) < 4.78 is 0. The number of carboxylic acid groups (broad SMARTS) is 1. The highest BCUT2D eigenvalue weighted by molar-refractivity contribution is 5.63. The Hall–Kier alpha value is -0.570. The second-order valence-electron chi connectivity index (χ2n) is 2.68. The fraction of sp³-hybridized carbons (Fsp3) is 0.875. The van der Waals surface area contributed by atoms with Gasteiger partial charge in [0.2, 0.25) is 0 Å². The molecule has 0 spiro atoms. The maximum Gasteiger partial charge on any atom is 0.0414 e.